The Balaban J connectivity index is 0.00000641. The largest absolute Gasteiger partial charge is 1.00 e. The van der Waals surface area contributed by atoms with Gasteiger partial charge in [-0.05, 0) is 65.7 Å². The first-order valence-electron chi connectivity index (χ1n) is 22.9. The van der Waals surface area contributed by atoms with Crippen LogP contribution in [0.5, 0.6) is 0 Å². The maximum Gasteiger partial charge on any atom is 1.00 e. The number of hydrogen-bond acceptors (Lipinski definition) is 16. The molecule has 0 aliphatic carbocycles. The number of methoxy groups -OCH3 is 2. The van der Waals surface area contributed by atoms with Gasteiger partial charge in [0.2, 0.25) is 0 Å². The van der Waals surface area contributed by atoms with Crippen LogP contribution >= 0.6 is 0 Å². The molecular formula is C45H75NaO16. The van der Waals surface area contributed by atoms with Crippen molar-refractivity contribution in [3.05, 3.63) is 0 Å². The van der Waals surface area contributed by atoms with Crippen molar-refractivity contribution in [1.29, 1.82) is 0 Å². The molecule has 7 aliphatic rings. The summed E-state index contributed by atoms with van der Waals surface area (Å²) in [5.41, 5.74) is -1.58. The summed E-state index contributed by atoms with van der Waals surface area (Å²) in [6, 6.07) is 0. The zero-order chi connectivity index (χ0) is 44.6. The second-order valence-corrected chi connectivity index (χ2v) is 20.7. The molecule has 0 aromatic carbocycles. The van der Waals surface area contributed by atoms with Gasteiger partial charge in [-0.2, -0.15) is 0 Å². The third-order valence-corrected chi connectivity index (χ3v) is 16.2. The van der Waals surface area contributed by atoms with E-state index in [1.807, 2.05) is 34.6 Å². The summed E-state index contributed by atoms with van der Waals surface area (Å²) in [4.78, 5) is 11.7. The number of aliphatic carboxylic acids is 1. The van der Waals surface area contributed by atoms with Crippen molar-refractivity contribution in [2.45, 2.75) is 235 Å². The van der Waals surface area contributed by atoms with Crippen molar-refractivity contribution in [1.82, 2.24) is 0 Å². The van der Waals surface area contributed by atoms with Gasteiger partial charge in [-0.15, -0.1) is 0 Å². The maximum absolute atomic E-state index is 11.7. The van der Waals surface area contributed by atoms with Crippen molar-refractivity contribution in [2.24, 2.45) is 29.6 Å². The van der Waals surface area contributed by atoms with Crippen molar-refractivity contribution >= 4 is 5.97 Å². The molecule has 62 heavy (non-hydrogen) atoms. The average Bonchev–Trinajstić information content (AvgIpc) is 3.89. The average molecular weight is 895 g/mol. The number of rotatable bonds is 11. The SMILES string of the molecule is CO[C@@H]1[C@@H](O)[C@H](C)[C@@](O)(CC(=O)[O-])O[C@@H]1[C@H](C)[C@H]1O[C@@]2(CC[C@@](C)([C@H]3CC[C@@](C)([C@@H]4O[C@@H]([C@H]5O[C@](C)(O)[C@H](C)C[C@@H]5C)C[C@@H]4O[C@H]4CC[C@H](OC)[C@@H](C)O4)O3)O2)C[C@H](O)[C@H]1C.[Na+]. The molecule has 23 atom stereocenters. The number of aliphatic hydroxyl groups is 4. The molecule has 0 saturated carbocycles. The van der Waals surface area contributed by atoms with Gasteiger partial charge in [-0.25, -0.2) is 0 Å². The Morgan fingerprint density at radius 3 is 2.19 bits per heavy atom. The van der Waals surface area contributed by atoms with Gasteiger partial charge in [0.15, 0.2) is 23.7 Å². The summed E-state index contributed by atoms with van der Waals surface area (Å²) in [7, 11) is 3.13. The zero-order valence-corrected chi connectivity index (χ0v) is 41.2. The van der Waals surface area contributed by atoms with Crippen LogP contribution in [0.2, 0.25) is 0 Å². The van der Waals surface area contributed by atoms with Crippen molar-refractivity contribution < 1.29 is 107 Å². The first-order chi connectivity index (χ1) is 28.5. The number of carbonyl (C=O) groups is 1. The van der Waals surface area contributed by atoms with E-state index in [0.717, 1.165) is 12.8 Å². The summed E-state index contributed by atoms with van der Waals surface area (Å²) < 4.78 is 65.0. The number of carbonyl (C=O) groups excluding carboxylic acids is 1. The minimum absolute atomic E-state index is 0. The quantitative estimate of drug-likeness (QED) is 0.196. The second kappa shape index (κ2) is 19.1. The van der Waals surface area contributed by atoms with Crippen LogP contribution in [0.1, 0.15) is 127 Å². The van der Waals surface area contributed by atoms with Gasteiger partial charge in [-0.3, -0.25) is 0 Å². The summed E-state index contributed by atoms with van der Waals surface area (Å²) in [5, 5.41) is 57.1. The Morgan fingerprint density at radius 2 is 1.55 bits per heavy atom. The summed E-state index contributed by atoms with van der Waals surface area (Å²) in [6.07, 6.45) is -2.54. The minimum Gasteiger partial charge on any atom is -0.550 e. The normalized spacial score (nSPS) is 54.0. The molecule has 0 radical (unpaired) electrons. The van der Waals surface area contributed by atoms with Crippen molar-refractivity contribution in [2.75, 3.05) is 14.2 Å². The van der Waals surface area contributed by atoms with E-state index >= 15 is 0 Å². The van der Waals surface area contributed by atoms with Crippen LogP contribution < -0.4 is 34.7 Å². The van der Waals surface area contributed by atoms with Gasteiger partial charge >= 0.3 is 29.6 Å². The van der Waals surface area contributed by atoms with E-state index in [-0.39, 0.29) is 84.4 Å². The maximum atomic E-state index is 11.7. The molecule has 352 valence electrons. The van der Waals surface area contributed by atoms with Gasteiger partial charge in [0, 0.05) is 76.0 Å². The smallest absolute Gasteiger partial charge is 0.550 e. The van der Waals surface area contributed by atoms with Crippen LogP contribution in [-0.4, -0.2) is 149 Å². The molecule has 7 saturated heterocycles. The van der Waals surface area contributed by atoms with Gasteiger partial charge in [0.25, 0.3) is 0 Å². The van der Waals surface area contributed by atoms with E-state index in [1.165, 1.54) is 14.0 Å². The molecule has 0 unspecified atom stereocenters. The standard InChI is InChI=1S/C45H76O16.Na/c1-22-18-23(2)43(9,50)58-36(22)30-19-31(55-34-13-12-29(52-10)27(6)54-34)40(56-30)42(8)15-14-32(57-42)41(7)16-17-44(61-41)20-28(46)24(3)37(59-44)25(4)38-39(53-11)35(49)26(5)45(51,60-38)21-33(47)48;/h22-32,34-40,46,49-51H,12-21H2,1-11H3,(H,47,48);/q;+1/p-1/t22-,23+,24+,25+,26-,27+,28-,29-,30+,31-,32+,34-,35-,36-,37-,38+,39+,40+,41-,42-,43-,44+,45+;/m0./s1. The number of hydrogen-bond donors (Lipinski definition) is 4. The van der Waals surface area contributed by atoms with Crippen LogP contribution in [-0.2, 0) is 52.2 Å². The van der Waals surface area contributed by atoms with E-state index in [9.17, 15) is 30.3 Å². The van der Waals surface area contributed by atoms with Crippen LogP contribution in [0.3, 0.4) is 0 Å². The van der Waals surface area contributed by atoms with Gasteiger partial charge in [0.05, 0.1) is 72.2 Å². The van der Waals surface area contributed by atoms with E-state index in [1.54, 1.807) is 14.0 Å². The van der Waals surface area contributed by atoms with Crippen molar-refractivity contribution in [3.8, 4) is 0 Å². The van der Waals surface area contributed by atoms with Crippen LogP contribution in [0.25, 0.3) is 0 Å². The van der Waals surface area contributed by atoms with Crippen LogP contribution in [0.4, 0.5) is 0 Å². The third-order valence-electron chi connectivity index (χ3n) is 16.2. The Morgan fingerprint density at radius 1 is 0.839 bits per heavy atom. The molecule has 7 rings (SSSR count). The molecule has 7 aliphatic heterocycles. The Kier molecular flexibility index (Phi) is 15.8. The first-order valence-corrected chi connectivity index (χ1v) is 22.9. The third kappa shape index (κ3) is 9.77. The summed E-state index contributed by atoms with van der Waals surface area (Å²) in [6.45, 7) is 17.2. The van der Waals surface area contributed by atoms with Gasteiger partial charge in [-0.1, -0.05) is 34.6 Å². The number of carboxylic acid groups (broad SMARTS) is 1. The summed E-state index contributed by atoms with van der Waals surface area (Å²) >= 11 is 0. The fourth-order valence-electron chi connectivity index (χ4n) is 12.0. The molecule has 17 heteroatoms. The number of ether oxygens (including phenoxy) is 10. The fourth-order valence-corrected chi connectivity index (χ4v) is 12.0. The van der Waals surface area contributed by atoms with Crippen LogP contribution in [0.15, 0.2) is 0 Å². The van der Waals surface area contributed by atoms with E-state index in [0.29, 0.717) is 38.5 Å². The topological polar surface area (TPSA) is 213 Å². The second-order valence-electron chi connectivity index (χ2n) is 20.7. The number of carboxylic acids is 1. The Bertz CT molecular complexity index is 1540. The molecule has 4 N–H and O–H groups in total. The van der Waals surface area contributed by atoms with E-state index in [4.69, 9.17) is 47.4 Å². The fraction of sp³-hybridized carbons (Fsp3) is 0.978. The molecule has 1 spiro atoms. The molecule has 0 aromatic rings. The van der Waals surface area contributed by atoms with Crippen molar-refractivity contribution in [3.63, 3.8) is 0 Å². The molecule has 0 amide bonds. The molecule has 7 heterocycles. The van der Waals surface area contributed by atoms with Gasteiger partial charge in [0.1, 0.15) is 12.2 Å². The number of aliphatic hydroxyl groups excluding tert-OH is 2. The monoisotopic (exact) mass is 894 g/mol. The molecule has 0 aromatic heterocycles. The van der Waals surface area contributed by atoms with Crippen LogP contribution in [0, 0.1) is 29.6 Å². The Labute approximate surface area is 389 Å². The predicted molar refractivity (Wildman–Crippen MR) is 214 cm³/mol. The molecule has 0 bridgehead atoms. The predicted octanol–water partition coefficient (Wildman–Crippen LogP) is -0.293. The zero-order valence-electron chi connectivity index (χ0n) is 39.2. The minimum atomic E-state index is -2.21. The first kappa shape index (κ1) is 51.3. The van der Waals surface area contributed by atoms with Gasteiger partial charge < -0.3 is 77.7 Å². The van der Waals surface area contributed by atoms with E-state index < -0.39 is 102 Å². The van der Waals surface area contributed by atoms with E-state index in [2.05, 4.69) is 13.8 Å². The molecular weight excluding hydrogens is 819 g/mol. The summed E-state index contributed by atoms with van der Waals surface area (Å²) in [5.74, 6) is -8.06. The Hall–Kier alpha value is -0.0900. The molecule has 16 nitrogen and oxygen atoms in total. The molecule has 7 fully saturated rings.